The van der Waals surface area contributed by atoms with Crippen LogP contribution in [0.3, 0.4) is 0 Å². The Kier molecular flexibility index (Phi) is 5.01. The fourth-order valence-electron chi connectivity index (χ4n) is 3.20. The van der Waals surface area contributed by atoms with Crippen LogP contribution >= 0.6 is 0 Å². The van der Waals surface area contributed by atoms with Gasteiger partial charge in [-0.2, -0.15) is 0 Å². The molecule has 2 unspecified atom stereocenters. The van der Waals surface area contributed by atoms with Crippen LogP contribution in [0.25, 0.3) is 0 Å². The molecule has 0 radical (unpaired) electrons. The third-order valence-corrected chi connectivity index (χ3v) is 4.37. The lowest BCUT2D eigenvalue weighted by atomic mass is 9.91. The Morgan fingerprint density at radius 1 is 1.17 bits per heavy atom. The van der Waals surface area contributed by atoms with Crippen LogP contribution in [0, 0.1) is 0 Å². The van der Waals surface area contributed by atoms with Crippen LogP contribution in [0.15, 0.2) is 0 Å². The second-order valence-corrected chi connectivity index (χ2v) is 5.67. The molecule has 0 aromatic rings. The first kappa shape index (κ1) is 13.8. The Labute approximate surface area is 110 Å². The minimum atomic E-state index is 0.213. The van der Waals surface area contributed by atoms with Crippen molar-refractivity contribution in [3.8, 4) is 0 Å². The van der Waals surface area contributed by atoms with Crippen LogP contribution in [0.4, 0.5) is 0 Å². The van der Waals surface area contributed by atoms with Crippen molar-refractivity contribution >= 4 is 5.91 Å². The number of amides is 1. The van der Waals surface area contributed by atoms with Crippen molar-refractivity contribution in [3.63, 3.8) is 0 Å². The molecule has 0 spiro atoms. The highest BCUT2D eigenvalue weighted by atomic mass is 16.5. The van der Waals surface area contributed by atoms with Gasteiger partial charge in [0.15, 0.2) is 0 Å². The van der Waals surface area contributed by atoms with Gasteiger partial charge in [-0.05, 0) is 38.5 Å². The first-order valence-corrected chi connectivity index (χ1v) is 7.23. The van der Waals surface area contributed by atoms with Gasteiger partial charge >= 0.3 is 0 Å². The maximum atomic E-state index is 11.3. The Bertz CT molecular complexity index is 275. The topological polar surface area (TPSA) is 41.6 Å². The Balaban J connectivity index is 1.72. The van der Waals surface area contributed by atoms with Gasteiger partial charge in [0.2, 0.25) is 5.91 Å². The molecule has 0 aromatic carbocycles. The summed E-state index contributed by atoms with van der Waals surface area (Å²) in [5, 5.41) is 3.76. The maximum absolute atomic E-state index is 11.3. The SMILES string of the molecule is COC1CCCC(NC2CCN(C(C)=O)CC2)C1. The molecular weight excluding hydrogens is 228 g/mol. The van der Waals surface area contributed by atoms with E-state index in [-0.39, 0.29) is 5.91 Å². The number of carbonyl (C=O) groups excluding carboxylic acids is 1. The van der Waals surface area contributed by atoms with Gasteiger partial charge in [-0.3, -0.25) is 4.79 Å². The van der Waals surface area contributed by atoms with Crippen molar-refractivity contribution in [2.75, 3.05) is 20.2 Å². The lowest BCUT2D eigenvalue weighted by Gasteiger charge is -2.36. The highest BCUT2D eigenvalue weighted by molar-refractivity contribution is 5.73. The summed E-state index contributed by atoms with van der Waals surface area (Å²) in [6.07, 6.45) is 7.51. The highest BCUT2D eigenvalue weighted by Gasteiger charge is 2.26. The van der Waals surface area contributed by atoms with Gasteiger partial charge in [-0.1, -0.05) is 0 Å². The number of nitrogens with zero attached hydrogens (tertiary/aromatic N) is 1. The van der Waals surface area contributed by atoms with Gasteiger partial charge < -0.3 is 15.0 Å². The zero-order valence-corrected chi connectivity index (χ0v) is 11.7. The third kappa shape index (κ3) is 3.69. The van der Waals surface area contributed by atoms with Crippen molar-refractivity contribution in [1.82, 2.24) is 10.2 Å². The minimum Gasteiger partial charge on any atom is -0.381 e. The van der Waals surface area contributed by atoms with Crippen molar-refractivity contribution in [2.45, 2.75) is 63.6 Å². The molecule has 4 nitrogen and oxygen atoms in total. The van der Waals surface area contributed by atoms with E-state index < -0.39 is 0 Å². The fourth-order valence-corrected chi connectivity index (χ4v) is 3.20. The molecule has 2 aliphatic rings. The van der Waals surface area contributed by atoms with E-state index in [4.69, 9.17) is 4.74 Å². The summed E-state index contributed by atoms with van der Waals surface area (Å²) in [7, 11) is 1.82. The van der Waals surface area contributed by atoms with Crippen LogP contribution in [-0.4, -0.2) is 49.2 Å². The van der Waals surface area contributed by atoms with E-state index >= 15 is 0 Å². The Morgan fingerprint density at radius 2 is 1.89 bits per heavy atom. The molecule has 1 heterocycles. The summed E-state index contributed by atoms with van der Waals surface area (Å²) in [5.41, 5.74) is 0. The number of likely N-dealkylation sites (tertiary alicyclic amines) is 1. The van der Waals surface area contributed by atoms with Crippen LogP contribution in [0.1, 0.15) is 45.4 Å². The minimum absolute atomic E-state index is 0.213. The molecule has 0 bridgehead atoms. The van der Waals surface area contributed by atoms with Gasteiger partial charge in [0.05, 0.1) is 6.10 Å². The summed E-state index contributed by atoms with van der Waals surface area (Å²) in [5.74, 6) is 0.213. The van der Waals surface area contributed by atoms with Crippen molar-refractivity contribution < 1.29 is 9.53 Å². The van der Waals surface area contributed by atoms with E-state index in [1.165, 1.54) is 19.3 Å². The molecule has 4 heteroatoms. The molecule has 2 fully saturated rings. The summed E-state index contributed by atoms with van der Waals surface area (Å²) in [4.78, 5) is 13.2. The molecule has 104 valence electrons. The fraction of sp³-hybridized carbons (Fsp3) is 0.929. The zero-order chi connectivity index (χ0) is 13.0. The zero-order valence-electron chi connectivity index (χ0n) is 11.7. The molecule has 2 rings (SSSR count). The van der Waals surface area contributed by atoms with Gasteiger partial charge in [0, 0.05) is 39.2 Å². The quantitative estimate of drug-likeness (QED) is 0.831. The molecule has 1 amide bonds. The second kappa shape index (κ2) is 6.53. The van der Waals surface area contributed by atoms with Gasteiger partial charge in [-0.15, -0.1) is 0 Å². The molecule has 1 aliphatic heterocycles. The number of carbonyl (C=O) groups is 1. The highest BCUT2D eigenvalue weighted by Crippen LogP contribution is 2.22. The van der Waals surface area contributed by atoms with E-state index in [1.807, 2.05) is 12.0 Å². The molecule has 1 aliphatic carbocycles. The number of hydrogen-bond acceptors (Lipinski definition) is 3. The predicted octanol–water partition coefficient (Wildman–Crippen LogP) is 1.54. The average molecular weight is 254 g/mol. The Hall–Kier alpha value is -0.610. The smallest absolute Gasteiger partial charge is 0.219 e. The monoisotopic (exact) mass is 254 g/mol. The van der Waals surface area contributed by atoms with Gasteiger partial charge in [0.1, 0.15) is 0 Å². The normalized spacial score (nSPS) is 30.4. The molecule has 18 heavy (non-hydrogen) atoms. The average Bonchev–Trinajstić information content (AvgIpc) is 2.39. The van der Waals surface area contributed by atoms with E-state index in [9.17, 15) is 4.79 Å². The number of nitrogens with one attached hydrogen (secondary N) is 1. The summed E-state index contributed by atoms with van der Waals surface area (Å²) >= 11 is 0. The van der Waals surface area contributed by atoms with Crippen LogP contribution in [0.2, 0.25) is 0 Å². The van der Waals surface area contributed by atoms with Gasteiger partial charge in [-0.25, -0.2) is 0 Å². The third-order valence-electron chi connectivity index (χ3n) is 4.37. The molecular formula is C14H26N2O2. The predicted molar refractivity (Wildman–Crippen MR) is 71.5 cm³/mol. The first-order chi connectivity index (χ1) is 8.69. The molecule has 1 saturated heterocycles. The largest absolute Gasteiger partial charge is 0.381 e. The molecule has 1 N–H and O–H groups in total. The van der Waals surface area contributed by atoms with Gasteiger partial charge in [0.25, 0.3) is 0 Å². The standard InChI is InChI=1S/C14H26N2O2/c1-11(17)16-8-6-12(7-9-16)15-13-4-3-5-14(10-13)18-2/h12-15H,3-10H2,1-2H3. The second-order valence-electron chi connectivity index (χ2n) is 5.67. The number of ether oxygens (including phenoxy) is 1. The van der Waals surface area contributed by atoms with Crippen LogP contribution in [-0.2, 0) is 9.53 Å². The van der Waals surface area contributed by atoms with Crippen molar-refractivity contribution in [3.05, 3.63) is 0 Å². The van der Waals surface area contributed by atoms with E-state index in [0.717, 1.165) is 32.4 Å². The molecule has 2 atom stereocenters. The number of hydrogen-bond donors (Lipinski definition) is 1. The number of piperidine rings is 1. The number of rotatable bonds is 3. The van der Waals surface area contributed by atoms with Crippen molar-refractivity contribution in [1.29, 1.82) is 0 Å². The van der Waals surface area contributed by atoms with E-state index in [1.54, 1.807) is 6.92 Å². The first-order valence-electron chi connectivity index (χ1n) is 7.23. The summed E-state index contributed by atoms with van der Waals surface area (Å²) in [6.45, 7) is 3.49. The number of methoxy groups -OCH3 is 1. The van der Waals surface area contributed by atoms with E-state index in [2.05, 4.69) is 5.32 Å². The van der Waals surface area contributed by atoms with E-state index in [0.29, 0.717) is 18.2 Å². The van der Waals surface area contributed by atoms with Crippen molar-refractivity contribution in [2.24, 2.45) is 0 Å². The van der Waals surface area contributed by atoms with Crippen LogP contribution in [0.5, 0.6) is 0 Å². The summed E-state index contributed by atoms with van der Waals surface area (Å²) < 4.78 is 5.47. The molecule has 0 aromatic heterocycles. The molecule has 1 saturated carbocycles. The Morgan fingerprint density at radius 3 is 2.50 bits per heavy atom. The van der Waals surface area contributed by atoms with Crippen LogP contribution < -0.4 is 5.32 Å². The lowest BCUT2D eigenvalue weighted by Crippen LogP contribution is -2.48. The summed E-state index contributed by atoms with van der Waals surface area (Å²) in [6, 6.07) is 1.19. The lowest BCUT2D eigenvalue weighted by molar-refractivity contribution is -0.129. The maximum Gasteiger partial charge on any atom is 0.219 e.